The Morgan fingerprint density at radius 1 is 1.04 bits per heavy atom. The van der Waals surface area contributed by atoms with Crippen molar-refractivity contribution in [2.75, 3.05) is 7.11 Å². The summed E-state index contributed by atoms with van der Waals surface area (Å²) in [6.45, 7) is 1.92. The highest BCUT2D eigenvalue weighted by Gasteiger charge is 2.20. The van der Waals surface area contributed by atoms with Crippen LogP contribution in [0.2, 0.25) is 5.02 Å². The molecule has 25 heavy (non-hydrogen) atoms. The first-order valence-electron chi connectivity index (χ1n) is 7.20. The fourth-order valence-electron chi connectivity index (χ4n) is 1.83. The van der Waals surface area contributed by atoms with Crippen molar-refractivity contribution >= 4 is 46.8 Å². The van der Waals surface area contributed by atoms with Crippen LogP contribution in [-0.2, 0) is 9.53 Å². The Bertz CT molecular complexity index is 802. The normalized spacial score (nSPS) is 11.5. The van der Waals surface area contributed by atoms with Crippen molar-refractivity contribution in [3.63, 3.8) is 0 Å². The summed E-state index contributed by atoms with van der Waals surface area (Å²) >= 11 is 13.2. The second-order valence-electron chi connectivity index (χ2n) is 5.02. The van der Waals surface area contributed by atoms with Crippen molar-refractivity contribution in [3.8, 4) is 0 Å². The predicted molar refractivity (Wildman–Crippen MR) is 101 cm³/mol. The molecular weight excluding hydrogens is 381 g/mol. The second-order valence-corrected chi connectivity index (χ2v) is 7.14. The smallest absolute Gasteiger partial charge is 0.356 e. The van der Waals surface area contributed by atoms with Crippen LogP contribution in [0.5, 0.6) is 0 Å². The molecule has 7 heteroatoms. The highest BCUT2D eigenvalue weighted by Crippen LogP contribution is 2.32. The number of hydrogen-bond acceptors (Lipinski definition) is 4. The summed E-state index contributed by atoms with van der Waals surface area (Å²) in [5, 5.41) is 3.11. The minimum Gasteiger partial charge on any atom is -0.464 e. The molecule has 0 unspecified atom stereocenters. The van der Waals surface area contributed by atoms with E-state index in [0.29, 0.717) is 10.6 Å². The summed E-state index contributed by atoms with van der Waals surface area (Å²) in [7, 11) is 1.22. The lowest BCUT2D eigenvalue weighted by Crippen LogP contribution is -2.28. The number of esters is 1. The largest absolute Gasteiger partial charge is 0.464 e. The Kier molecular flexibility index (Phi) is 6.93. The molecule has 0 aliphatic heterocycles. The highest BCUT2D eigenvalue weighted by molar-refractivity contribution is 8.04. The van der Waals surface area contributed by atoms with E-state index in [0.717, 1.165) is 22.2 Å². The van der Waals surface area contributed by atoms with Gasteiger partial charge in [-0.25, -0.2) is 4.79 Å². The standard InChI is InChI=1S/C18H15Cl2NO3S/c1-11-3-5-12(6-4-11)17(22)21-15(18(23)24-2)16(20)25-14-9-7-13(19)8-10-14/h3-10H,1-2H3,(H,21,22). The molecule has 0 heterocycles. The molecule has 0 atom stereocenters. The van der Waals surface area contributed by atoms with E-state index in [2.05, 4.69) is 5.32 Å². The lowest BCUT2D eigenvalue weighted by Gasteiger charge is -2.11. The summed E-state index contributed by atoms with van der Waals surface area (Å²) in [5.74, 6) is -1.18. The topological polar surface area (TPSA) is 55.4 Å². The average molecular weight is 396 g/mol. The van der Waals surface area contributed by atoms with Gasteiger partial charge in [0.15, 0.2) is 5.70 Å². The molecule has 0 spiro atoms. The number of carbonyl (C=O) groups excluding carboxylic acids is 2. The van der Waals surface area contributed by atoms with E-state index in [1.54, 1.807) is 48.5 Å². The lowest BCUT2D eigenvalue weighted by atomic mass is 10.1. The second kappa shape index (κ2) is 8.94. The molecule has 0 saturated heterocycles. The SMILES string of the molecule is COC(=O)C(NC(=O)c1ccc(C)cc1)=C(Cl)Sc1ccc(Cl)cc1. The molecule has 0 aromatic heterocycles. The van der Waals surface area contributed by atoms with E-state index in [1.807, 2.05) is 6.92 Å². The Labute approximate surface area is 160 Å². The van der Waals surface area contributed by atoms with Gasteiger partial charge in [-0.15, -0.1) is 0 Å². The Morgan fingerprint density at radius 3 is 2.20 bits per heavy atom. The minimum atomic E-state index is -0.730. The summed E-state index contributed by atoms with van der Waals surface area (Å²) in [6.07, 6.45) is 0. The fourth-order valence-corrected chi connectivity index (χ4v) is 3.06. The van der Waals surface area contributed by atoms with Gasteiger partial charge in [-0.2, -0.15) is 0 Å². The van der Waals surface area contributed by atoms with Gasteiger partial charge in [0, 0.05) is 15.5 Å². The van der Waals surface area contributed by atoms with E-state index >= 15 is 0 Å². The van der Waals surface area contributed by atoms with E-state index in [-0.39, 0.29) is 10.1 Å². The van der Waals surface area contributed by atoms with Crippen LogP contribution in [0, 0.1) is 6.92 Å². The van der Waals surface area contributed by atoms with Gasteiger partial charge in [0.1, 0.15) is 4.36 Å². The zero-order valence-electron chi connectivity index (χ0n) is 13.5. The number of ether oxygens (including phenoxy) is 1. The third-order valence-electron chi connectivity index (χ3n) is 3.16. The van der Waals surface area contributed by atoms with Gasteiger partial charge in [-0.3, -0.25) is 4.79 Å². The van der Waals surface area contributed by atoms with E-state index in [1.165, 1.54) is 7.11 Å². The zero-order valence-corrected chi connectivity index (χ0v) is 15.8. The van der Waals surface area contributed by atoms with Gasteiger partial charge in [0.25, 0.3) is 5.91 Å². The number of thioether (sulfide) groups is 1. The first kappa shape index (κ1) is 19.4. The van der Waals surface area contributed by atoms with Crippen LogP contribution >= 0.6 is 35.0 Å². The molecule has 4 nitrogen and oxygen atoms in total. The number of aryl methyl sites for hydroxylation is 1. The van der Waals surface area contributed by atoms with E-state index in [9.17, 15) is 9.59 Å². The van der Waals surface area contributed by atoms with Crippen LogP contribution < -0.4 is 5.32 Å². The molecule has 2 rings (SSSR count). The molecule has 0 aliphatic rings. The number of benzene rings is 2. The number of hydrogen-bond donors (Lipinski definition) is 1. The van der Waals surface area contributed by atoms with Gasteiger partial charge in [-0.05, 0) is 43.3 Å². The van der Waals surface area contributed by atoms with Crippen LogP contribution in [0.1, 0.15) is 15.9 Å². The first-order chi connectivity index (χ1) is 11.9. The predicted octanol–water partition coefficient (Wildman–Crippen LogP) is 4.75. The number of rotatable bonds is 5. The zero-order chi connectivity index (χ0) is 18.4. The third-order valence-corrected chi connectivity index (χ3v) is 4.72. The molecule has 1 N–H and O–H groups in total. The molecule has 0 aliphatic carbocycles. The molecule has 0 fully saturated rings. The summed E-state index contributed by atoms with van der Waals surface area (Å²) in [5.41, 5.74) is 1.32. The van der Waals surface area contributed by atoms with Crippen molar-refractivity contribution in [2.24, 2.45) is 0 Å². The summed E-state index contributed by atoms with van der Waals surface area (Å²) in [6, 6.07) is 13.9. The van der Waals surface area contributed by atoms with Gasteiger partial charge >= 0.3 is 5.97 Å². The Morgan fingerprint density at radius 2 is 1.64 bits per heavy atom. The summed E-state index contributed by atoms with van der Waals surface area (Å²) in [4.78, 5) is 25.1. The van der Waals surface area contributed by atoms with Crippen molar-refractivity contribution in [3.05, 3.63) is 74.7 Å². The maximum Gasteiger partial charge on any atom is 0.356 e. The average Bonchev–Trinajstić information content (AvgIpc) is 2.61. The summed E-state index contributed by atoms with van der Waals surface area (Å²) < 4.78 is 4.81. The first-order valence-corrected chi connectivity index (χ1v) is 8.77. The van der Waals surface area contributed by atoms with Gasteiger partial charge in [-0.1, -0.05) is 52.7 Å². The minimum absolute atomic E-state index is 0.0923. The fraction of sp³-hybridized carbons (Fsp3) is 0.111. The molecule has 1 amide bonds. The molecule has 130 valence electrons. The Hall–Kier alpha value is -1.95. The maximum atomic E-state index is 12.3. The van der Waals surface area contributed by atoms with Crippen molar-refractivity contribution < 1.29 is 14.3 Å². The molecule has 0 bridgehead atoms. The van der Waals surface area contributed by atoms with Crippen LogP contribution in [0.3, 0.4) is 0 Å². The quantitative estimate of drug-likeness (QED) is 0.450. The number of nitrogens with one attached hydrogen (secondary N) is 1. The van der Waals surface area contributed by atoms with Crippen LogP contribution in [-0.4, -0.2) is 19.0 Å². The third kappa shape index (κ3) is 5.53. The van der Waals surface area contributed by atoms with Crippen LogP contribution in [0.4, 0.5) is 0 Å². The van der Waals surface area contributed by atoms with Crippen molar-refractivity contribution in [1.29, 1.82) is 0 Å². The monoisotopic (exact) mass is 395 g/mol. The lowest BCUT2D eigenvalue weighted by molar-refractivity contribution is -0.136. The van der Waals surface area contributed by atoms with E-state index in [4.69, 9.17) is 27.9 Å². The molecule has 2 aromatic carbocycles. The molecule has 2 aromatic rings. The Balaban J connectivity index is 2.24. The highest BCUT2D eigenvalue weighted by atomic mass is 35.5. The van der Waals surface area contributed by atoms with Crippen LogP contribution in [0.15, 0.2) is 63.5 Å². The maximum absolute atomic E-state index is 12.3. The van der Waals surface area contributed by atoms with Gasteiger partial charge < -0.3 is 10.1 Å². The van der Waals surface area contributed by atoms with Gasteiger partial charge in [0.05, 0.1) is 7.11 Å². The molecular formula is C18H15Cl2NO3S. The molecule has 0 radical (unpaired) electrons. The molecule has 0 saturated carbocycles. The van der Waals surface area contributed by atoms with E-state index < -0.39 is 11.9 Å². The van der Waals surface area contributed by atoms with Crippen molar-refractivity contribution in [2.45, 2.75) is 11.8 Å². The van der Waals surface area contributed by atoms with Gasteiger partial charge in [0.2, 0.25) is 0 Å². The van der Waals surface area contributed by atoms with Crippen molar-refractivity contribution in [1.82, 2.24) is 5.32 Å². The number of halogens is 2. The van der Waals surface area contributed by atoms with Crippen LogP contribution in [0.25, 0.3) is 0 Å². The number of carbonyl (C=O) groups is 2. The number of amides is 1. The number of methoxy groups -OCH3 is 1.